The van der Waals surface area contributed by atoms with Crippen LogP contribution >= 0.6 is 0 Å². The van der Waals surface area contributed by atoms with Gasteiger partial charge < -0.3 is 11.1 Å². The Kier molecular flexibility index (Phi) is 4.00. The summed E-state index contributed by atoms with van der Waals surface area (Å²) in [6.07, 6.45) is 2.15. The number of nitrogens with one attached hydrogen (secondary N) is 1. The summed E-state index contributed by atoms with van der Waals surface area (Å²) in [5.41, 5.74) is 6.16. The molecule has 0 aliphatic rings. The Morgan fingerprint density at radius 3 is 2.59 bits per heavy atom. The lowest BCUT2D eigenvalue weighted by Gasteiger charge is -2.20. The summed E-state index contributed by atoms with van der Waals surface area (Å²) in [4.78, 5) is 0. The second-order valence-corrected chi connectivity index (χ2v) is 5.08. The van der Waals surface area contributed by atoms with Gasteiger partial charge in [-0.2, -0.15) is 10.4 Å². The van der Waals surface area contributed by atoms with E-state index in [0.29, 0.717) is 17.2 Å². The van der Waals surface area contributed by atoms with E-state index in [4.69, 9.17) is 11.0 Å². The van der Waals surface area contributed by atoms with Gasteiger partial charge in [0.2, 0.25) is 0 Å². The molecule has 0 spiro atoms. The minimum absolute atomic E-state index is 0.222. The third-order valence-corrected chi connectivity index (χ3v) is 2.49. The highest BCUT2D eigenvalue weighted by molar-refractivity contribution is 5.64. The van der Waals surface area contributed by atoms with E-state index in [2.05, 4.69) is 23.4 Å². The van der Waals surface area contributed by atoms with Crippen molar-refractivity contribution in [3.63, 3.8) is 0 Å². The molecule has 94 valence electrons. The van der Waals surface area contributed by atoms with Crippen LogP contribution in [-0.2, 0) is 5.54 Å². The van der Waals surface area contributed by atoms with E-state index in [-0.39, 0.29) is 5.54 Å². The molecule has 0 amide bonds. The fourth-order valence-electron chi connectivity index (χ4n) is 1.56. The number of hydrogen-bond donors (Lipinski definition) is 2. The van der Waals surface area contributed by atoms with Crippen molar-refractivity contribution in [3.8, 4) is 6.07 Å². The summed E-state index contributed by atoms with van der Waals surface area (Å²) >= 11 is 0. The number of anilines is 2. The molecule has 0 fully saturated rings. The van der Waals surface area contributed by atoms with Crippen LogP contribution in [0.15, 0.2) is 0 Å². The van der Waals surface area contributed by atoms with E-state index in [1.807, 2.05) is 20.8 Å². The summed E-state index contributed by atoms with van der Waals surface area (Å²) in [7, 11) is 0. The molecule has 0 saturated carbocycles. The van der Waals surface area contributed by atoms with Gasteiger partial charge in [-0.15, -0.1) is 0 Å². The molecule has 17 heavy (non-hydrogen) atoms. The van der Waals surface area contributed by atoms with Crippen LogP contribution in [0.1, 0.15) is 46.1 Å². The first kappa shape index (κ1) is 13.4. The lowest BCUT2D eigenvalue weighted by Crippen LogP contribution is -2.25. The van der Waals surface area contributed by atoms with Crippen LogP contribution in [0.25, 0.3) is 0 Å². The highest BCUT2D eigenvalue weighted by atomic mass is 15.4. The SMILES string of the molecule is CCCCNc1nn(C(C)(C)C)c(N)c1C#N. The van der Waals surface area contributed by atoms with E-state index in [0.717, 1.165) is 19.4 Å². The van der Waals surface area contributed by atoms with Crippen molar-refractivity contribution in [1.82, 2.24) is 9.78 Å². The van der Waals surface area contributed by atoms with Crippen LogP contribution in [-0.4, -0.2) is 16.3 Å². The number of nitrogens with zero attached hydrogens (tertiary/aromatic N) is 3. The van der Waals surface area contributed by atoms with Gasteiger partial charge in [0.15, 0.2) is 5.82 Å². The Bertz CT molecular complexity index is 419. The second kappa shape index (κ2) is 5.09. The average Bonchev–Trinajstić information content (AvgIpc) is 2.55. The van der Waals surface area contributed by atoms with Gasteiger partial charge >= 0.3 is 0 Å². The summed E-state index contributed by atoms with van der Waals surface area (Å²) in [6, 6.07) is 2.11. The van der Waals surface area contributed by atoms with Crippen molar-refractivity contribution in [2.45, 2.75) is 46.1 Å². The van der Waals surface area contributed by atoms with Crippen LogP contribution in [0.3, 0.4) is 0 Å². The molecule has 3 N–H and O–H groups in total. The number of nitrogen functional groups attached to an aromatic ring is 1. The lowest BCUT2D eigenvalue weighted by atomic mass is 10.1. The number of unbranched alkanes of at least 4 members (excludes halogenated alkanes) is 1. The van der Waals surface area contributed by atoms with Gasteiger partial charge in [0, 0.05) is 6.54 Å². The van der Waals surface area contributed by atoms with Gasteiger partial charge in [0.25, 0.3) is 0 Å². The molecule has 1 aromatic rings. The highest BCUT2D eigenvalue weighted by Crippen LogP contribution is 2.26. The van der Waals surface area contributed by atoms with Gasteiger partial charge in [-0.05, 0) is 27.2 Å². The molecule has 0 unspecified atom stereocenters. The molecule has 1 heterocycles. The maximum atomic E-state index is 9.11. The van der Waals surface area contributed by atoms with Crippen molar-refractivity contribution >= 4 is 11.6 Å². The molecular formula is C12H21N5. The molecule has 1 aromatic heterocycles. The minimum atomic E-state index is -0.222. The molecular weight excluding hydrogens is 214 g/mol. The summed E-state index contributed by atoms with van der Waals surface area (Å²) < 4.78 is 1.69. The van der Waals surface area contributed by atoms with Gasteiger partial charge in [-0.1, -0.05) is 13.3 Å². The summed E-state index contributed by atoms with van der Waals surface area (Å²) in [5, 5.41) is 16.7. The number of aromatic nitrogens is 2. The highest BCUT2D eigenvalue weighted by Gasteiger charge is 2.23. The third-order valence-electron chi connectivity index (χ3n) is 2.49. The van der Waals surface area contributed by atoms with Crippen molar-refractivity contribution in [1.29, 1.82) is 5.26 Å². The van der Waals surface area contributed by atoms with Gasteiger partial charge in [0.05, 0.1) is 5.54 Å². The predicted molar refractivity (Wildman–Crippen MR) is 69.7 cm³/mol. The van der Waals surface area contributed by atoms with E-state index < -0.39 is 0 Å². The third kappa shape index (κ3) is 2.90. The normalized spacial score (nSPS) is 11.2. The van der Waals surface area contributed by atoms with Crippen LogP contribution < -0.4 is 11.1 Å². The van der Waals surface area contributed by atoms with Crippen molar-refractivity contribution in [3.05, 3.63) is 5.56 Å². The first-order valence-corrected chi connectivity index (χ1v) is 5.94. The van der Waals surface area contributed by atoms with Gasteiger partial charge in [0.1, 0.15) is 17.5 Å². The minimum Gasteiger partial charge on any atom is -0.383 e. The Hall–Kier alpha value is -1.70. The van der Waals surface area contributed by atoms with E-state index in [1.165, 1.54) is 0 Å². The monoisotopic (exact) mass is 235 g/mol. The molecule has 0 aliphatic heterocycles. The van der Waals surface area contributed by atoms with Crippen molar-refractivity contribution in [2.75, 3.05) is 17.6 Å². The van der Waals surface area contributed by atoms with Crippen LogP contribution in [0.5, 0.6) is 0 Å². The topological polar surface area (TPSA) is 79.7 Å². The van der Waals surface area contributed by atoms with Crippen molar-refractivity contribution in [2.24, 2.45) is 0 Å². The quantitative estimate of drug-likeness (QED) is 0.785. The zero-order valence-corrected chi connectivity index (χ0v) is 11.0. The van der Waals surface area contributed by atoms with Crippen molar-refractivity contribution < 1.29 is 0 Å². The molecule has 5 heteroatoms. The first-order valence-electron chi connectivity index (χ1n) is 5.94. The van der Waals surface area contributed by atoms with Crippen LogP contribution in [0.2, 0.25) is 0 Å². The van der Waals surface area contributed by atoms with Crippen LogP contribution in [0, 0.1) is 11.3 Å². The standard InChI is InChI=1S/C12H21N5/c1-5-6-7-15-11-9(8-13)10(14)17(16-11)12(2,3)4/h5-7,14H2,1-4H3,(H,15,16). The summed E-state index contributed by atoms with van der Waals surface area (Å²) in [5.74, 6) is 1.02. The summed E-state index contributed by atoms with van der Waals surface area (Å²) in [6.45, 7) is 8.95. The molecule has 1 rings (SSSR count). The van der Waals surface area contributed by atoms with E-state index in [9.17, 15) is 0 Å². The molecule has 0 atom stereocenters. The van der Waals surface area contributed by atoms with E-state index >= 15 is 0 Å². The van der Waals surface area contributed by atoms with Crippen LogP contribution in [0.4, 0.5) is 11.6 Å². The predicted octanol–water partition coefficient (Wildman–Crippen LogP) is 2.30. The molecule has 0 saturated heterocycles. The zero-order chi connectivity index (χ0) is 13.1. The zero-order valence-electron chi connectivity index (χ0n) is 11.0. The largest absolute Gasteiger partial charge is 0.383 e. The maximum absolute atomic E-state index is 9.11. The fourth-order valence-corrected chi connectivity index (χ4v) is 1.56. The Balaban J connectivity index is 3.03. The smallest absolute Gasteiger partial charge is 0.168 e. The van der Waals surface area contributed by atoms with Gasteiger partial charge in [-0.25, -0.2) is 4.68 Å². The first-order chi connectivity index (χ1) is 7.91. The van der Waals surface area contributed by atoms with Gasteiger partial charge in [-0.3, -0.25) is 0 Å². The molecule has 0 bridgehead atoms. The Morgan fingerprint density at radius 1 is 1.47 bits per heavy atom. The van der Waals surface area contributed by atoms with E-state index in [1.54, 1.807) is 4.68 Å². The second-order valence-electron chi connectivity index (χ2n) is 5.08. The average molecular weight is 235 g/mol. The fraction of sp³-hybridized carbons (Fsp3) is 0.667. The Labute approximate surface area is 103 Å². The Morgan fingerprint density at radius 2 is 2.12 bits per heavy atom. The molecule has 0 radical (unpaired) electrons. The lowest BCUT2D eigenvalue weighted by molar-refractivity contribution is 0.362. The maximum Gasteiger partial charge on any atom is 0.168 e. The number of hydrogen-bond acceptors (Lipinski definition) is 4. The number of rotatable bonds is 4. The molecule has 5 nitrogen and oxygen atoms in total. The molecule has 0 aliphatic carbocycles. The number of nitrogens with two attached hydrogens (primary N) is 1. The molecule has 0 aromatic carbocycles. The number of nitriles is 1.